The molecule has 2 N–H and O–H groups in total. The van der Waals surface area contributed by atoms with Gasteiger partial charge in [0.25, 0.3) is 5.91 Å². The molecular weight excluding hydrogens is 278 g/mol. The van der Waals surface area contributed by atoms with Gasteiger partial charge in [0.1, 0.15) is 5.75 Å². The number of aromatic amines is 1. The van der Waals surface area contributed by atoms with Crippen LogP contribution in [0, 0.1) is 0 Å². The van der Waals surface area contributed by atoms with Gasteiger partial charge >= 0.3 is 0 Å². The summed E-state index contributed by atoms with van der Waals surface area (Å²) in [4.78, 5) is 19.3. The van der Waals surface area contributed by atoms with E-state index in [9.17, 15) is 4.79 Å². The number of carbonyl (C=O) groups is 1. The number of hydrogen-bond donors (Lipinski definition) is 2. The van der Waals surface area contributed by atoms with Crippen LogP contribution in [0.3, 0.4) is 0 Å². The third kappa shape index (κ3) is 3.09. The van der Waals surface area contributed by atoms with Gasteiger partial charge in [-0.1, -0.05) is 12.1 Å². The van der Waals surface area contributed by atoms with Crippen LogP contribution in [0.25, 0.3) is 11.0 Å². The van der Waals surface area contributed by atoms with Crippen molar-refractivity contribution in [1.82, 2.24) is 15.3 Å². The molecule has 0 bridgehead atoms. The number of amides is 1. The Bertz CT molecular complexity index is 795. The molecule has 0 aliphatic heterocycles. The summed E-state index contributed by atoms with van der Waals surface area (Å²) in [5.41, 5.74) is 3.47. The monoisotopic (exact) mass is 295 g/mol. The van der Waals surface area contributed by atoms with Crippen LogP contribution in [0.15, 0.2) is 48.8 Å². The molecule has 5 nitrogen and oxygen atoms in total. The summed E-state index contributed by atoms with van der Waals surface area (Å²) in [6, 6.07) is 13.3. The fraction of sp³-hybridized carbons (Fsp3) is 0.176. The Morgan fingerprint density at radius 3 is 3.05 bits per heavy atom. The fourth-order valence-corrected chi connectivity index (χ4v) is 2.33. The van der Waals surface area contributed by atoms with Crippen LogP contribution in [0.5, 0.6) is 5.75 Å². The smallest absolute Gasteiger partial charge is 0.251 e. The number of nitrogens with one attached hydrogen (secondary N) is 2. The predicted molar refractivity (Wildman–Crippen MR) is 85.1 cm³/mol. The van der Waals surface area contributed by atoms with Crippen LogP contribution in [0.1, 0.15) is 15.9 Å². The normalized spacial score (nSPS) is 10.6. The van der Waals surface area contributed by atoms with Crippen LogP contribution >= 0.6 is 0 Å². The second kappa shape index (κ2) is 6.30. The van der Waals surface area contributed by atoms with Gasteiger partial charge < -0.3 is 15.0 Å². The van der Waals surface area contributed by atoms with E-state index in [-0.39, 0.29) is 5.91 Å². The highest BCUT2D eigenvalue weighted by molar-refractivity contribution is 5.97. The van der Waals surface area contributed by atoms with Crippen LogP contribution in [-0.2, 0) is 6.42 Å². The summed E-state index contributed by atoms with van der Waals surface area (Å²) < 4.78 is 5.19. The molecule has 112 valence electrons. The predicted octanol–water partition coefficient (Wildman–Crippen LogP) is 2.54. The highest BCUT2D eigenvalue weighted by Crippen LogP contribution is 2.13. The average Bonchev–Trinajstić information content (AvgIpc) is 3.02. The molecule has 1 amide bonds. The number of H-pyrrole nitrogens is 1. The zero-order valence-electron chi connectivity index (χ0n) is 12.3. The third-order valence-electron chi connectivity index (χ3n) is 3.52. The van der Waals surface area contributed by atoms with E-state index >= 15 is 0 Å². The van der Waals surface area contributed by atoms with E-state index in [4.69, 9.17) is 4.74 Å². The highest BCUT2D eigenvalue weighted by atomic mass is 16.5. The van der Waals surface area contributed by atoms with Crippen molar-refractivity contribution in [3.63, 3.8) is 0 Å². The Morgan fingerprint density at radius 1 is 1.27 bits per heavy atom. The zero-order valence-corrected chi connectivity index (χ0v) is 12.3. The summed E-state index contributed by atoms with van der Waals surface area (Å²) in [5, 5.41) is 2.93. The van der Waals surface area contributed by atoms with Crippen LogP contribution in [-0.4, -0.2) is 29.5 Å². The summed E-state index contributed by atoms with van der Waals surface area (Å²) in [6.45, 7) is 0.576. The second-order valence-corrected chi connectivity index (χ2v) is 4.99. The molecule has 3 aromatic rings. The molecule has 0 aliphatic rings. The molecule has 0 unspecified atom stereocenters. The number of fused-ring (bicyclic) bond motifs is 1. The standard InChI is InChI=1S/C17H17N3O2/c1-22-14-4-2-3-12(9-14)7-8-18-17(21)13-5-6-15-16(10-13)20-11-19-15/h2-6,9-11H,7-8H2,1H3,(H,18,21)(H,19,20). The second-order valence-electron chi connectivity index (χ2n) is 4.99. The van der Waals surface area contributed by atoms with Gasteiger partial charge in [-0.15, -0.1) is 0 Å². The topological polar surface area (TPSA) is 67.0 Å². The summed E-state index contributed by atoms with van der Waals surface area (Å²) in [7, 11) is 1.65. The number of ether oxygens (including phenoxy) is 1. The molecular formula is C17H17N3O2. The molecule has 0 spiro atoms. The summed E-state index contributed by atoms with van der Waals surface area (Å²) in [6.07, 6.45) is 2.38. The molecule has 0 saturated heterocycles. The van der Waals surface area contributed by atoms with E-state index in [1.165, 1.54) is 0 Å². The molecule has 0 aliphatic carbocycles. The van der Waals surface area contributed by atoms with Gasteiger partial charge in [-0.2, -0.15) is 0 Å². The average molecular weight is 295 g/mol. The van der Waals surface area contributed by atoms with Gasteiger partial charge in [0.15, 0.2) is 0 Å². The van der Waals surface area contributed by atoms with E-state index in [2.05, 4.69) is 15.3 Å². The molecule has 0 saturated carbocycles. The van der Waals surface area contributed by atoms with Crippen molar-refractivity contribution in [3.05, 3.63) is 59.9 Å². The van der Waals surface area contributed by atoms with E-state index in [1.807, 2.05) is 36.4 Å². The lowest BCUT2D eigenvalue weighted by molar-refractivity contribution is 0.0954. The molecule has 3 rings (SSSR count). The number of nitrogens with zero attached hydrogens (tertiary/aromatic N) is 1. The van der Waals surface area contributed by atoms with Crippen molar-refractivity contribution in [3.8, 4) is 5.75 Å². The first kappa shape index (κ1) is 14.1. The third-order valence-corrected chi connectivity index (χ3v) is 3.52. The molecule has 0 fully saturated rings. The number of aromatic nitrogens is 2. The van der Waals surface area contributed by atoms with E-state index in [0.29, 0.717) is 12.1 Å². The lowest BCUT2D eigenvalue weighted by Crippen LogP contribution is -2.25. The number of rotatable bonds is 5. The van der Waals surface area contributed by atoms with Crippen molar-refractivity contribution < 1.29 is 9.53 Å². The number of imidazole rings is 1. The fourth-order valence-electron chi connectivity index (χ4n) is 2.33. The molecule has 2 aromatic carbocycles. The van der Waals surface area contributed by atoms with Gasteiger partial charge in [-0.05, 0) is 42.3 Å². The molecule has 22 heavy (non-hydrogen) atoms. The minimum absolute atomic E-state index is 0.0839. The van der Waals surface area contributed by atoms with Crippen LogP contribution in [0.4, 0.5) is 0 Å². The Balaban J connectivity index is 1.59. The van der Waals surface area contributed by atoms with Crippen molar-refractivity contribution in [1.29, 1.82) is 0 Å². The van der Waals surface area contributed by atoms with Gasteiger partial charge in [-0.25, -0.2) is 4.98 Å². The number of hydrogen-bond acceptors (Lipinski definition) is 3. The number of benzene rings is 2. The van der Waals surface area contributed by atoms with Crippen LogP contribution in [0.2, 0.25) is 0 Å². The lowest BCUT2D eigenvalue weighted by atomic mass is 10.1. The molecule has 5 heteroatoms. The summed E-state index contributed by atoms with van der Waals surface area (Å²) >= 11 is 0. The summed E-state index contributed by atoms with van der Waals surface area (Å²) in [5.74, 6) is 0.743. The SMILES string of the molecule is COc1cccc(CCNC(=O)c2ccc3nc[nH]c3c2)c1. The first-order valence-electron chi connectivity index (χ1n) is 7.10. The molecule has 1 aromatic heterocycles. The number of methoxy groups -OCH3 is 1. The molecule has 0 radical (unpaired) electrons. The highest BCUT2D eigenvalue weighted by Gasteiger charge is 2.07. The first-order chi connectivity index (χ1) is 10.8. The Kier molecular flexibility index (Phi) is 4.05. The lowest BCUT2D eigenvalue weighted by Gasteiger charge is -2.07. The van der Waals surface area contributed by atoms with E-state index in [0.717, 1.165) is 28.8 Å². The van der Waals surface area contributed by atoms with Crippen molar-refractivity contribution in [2.75, 3.05) is 13.7 Å². The zero-order chi connectivity index (χ0) is 15.4. The Morgan fingerprint density at radius 2 is 2.18 bits per heavy atom. The maximum atomic E-state index is 12.2. The molecule has 1 heterocycles. The minimum Gasteiger partial charge on any atom is -0.497 e. The van der Waals surface area contributed by atoms with Crippen molar-refractivity contribution in [2.24, 2.45) is 0 Å². The minimum atomic E-state index is -0.0839. The van der Waals surface area contributed by atoms with Gasteiger partial charge in [0.05, 0.1) is 24.5 Å². The first-order valence-corrected chi connectivity index (χ1v) is 7.10. The van der Waals surface area contributed by atoms with Gasteiger partial charge in [0, 0.05) is 12.1 Å². The van der Waals surface area contributed by atoms with Gasteiger partial charge in [-0.3, -0.25) is 4.79 Å². The van der Waals surface area contributed by atoms with Crippen molar-refractivity contribution >= 4 is 16.9 Å². The quantitative estimate of drug-likeness (QED) is 0.760. The Labute approximate surface area is 128 Å². The maximum Gasteiger partial charge on any atom is 0.251 e. The van der Waals surface area contributed by atoms with Crippen molar-refractivity contribution in [2.45, 2.75) is 6.42 Å². The van der Waals surface area contributed by atoms with E-state index < -0.39 is 0 Å². The Hall–Kier alpha value is -2.82. The molecule has 0 atom stereocenters. The van der Waals surface area contributed by atoms with E-state index in [1.54, 1.807) is 19.5 Å². The van der Waals surface area contributed by atoms with Crippen LogP contribution < -0.4 is 10.1 Å². The number of carbonyl (C=O) groups excluding carboxylic acids is 1. The van der Waals surface area contributed by atoms with Gasteiger partial charge in [0.2, 0.25) is 0 Å². The largest absolute Gasteiger partial charge is 0.497 e. The maximum absolute atomic E-state index is 12.2.